The molecule has 1 saturated heterocycles. The average molecular weight is 287 g/mol. The van der Waals surface area contributed by atoms with Crippen molar-refractivity contribution >= 4 is 23.3 Å². The van der Waals surface area contributed by atoms with E-state index < -0.39 is 5.41 Å². The molecule has 5 heteroatoms. The second kappa shape index (κ2) is 4.69. The van der Waals surface area contributed by atoms with Gasteiger partial charge < -0.3 is 9.64 Å². The molecule has 0 N–H and O–H groups in total. The third kappa shape index (κ3) is 2.13. The Morgan fingerprint density at radius 3 is 2.62 bits per heavy atom. The van der Waals surface area contributed by atoms with E-state index in [0.717, 1.165) is 5.56 Å². The summed E-state index contributed by atoms with van der Waals surface area (Å²) in [6, 6.07) is 5.30. The van der Waals surface area contributed by atoms with Gasteiger partial charge in [0.1, 0.15) is 5.41 Å². The van der Waals surface area contributed by atoms with Crippen LogP contribution in [0.1, 0.15) is 31.7 Å². The lowest BCUT2D eigenvalue weighted by Crippen LogP contribution is -2.28. The topological polar surface area (TPSA) is 63.7 Å². The van der Waals surface area contributed by atoms with Crippen molar-refractivity contribution in [1.82, 2.24) is 0 Å². The lowest BCUT2D eigenvalue weighted by molar-refractivity contribution is -0.134. The molecule has 1 amide bonds. The molecule has 0 atom stereocenters. The summed E-state index contributed by atoms with van der Waals surface area (Å²) >= 11 is 0. The summed E-state index contributed by atoms with van der Waals surface area (Å²) in [4.78, 5) is 37.5. The largest absolute Gasteiger partial charge is 0.424 e. The minimum atomic E-state index is -0.781. The van der Waals surface area contributed by atoms with E-state index in [2.05, 4.69) is 0 Å². The van der Waals surface area contributed by atoms with Crippen molar-refractivity contribution in [3.63, 3.8) is 0 Å². The van der Waals surface area contributed by atoms with Gasteiger partial charge in [-0.25, -0.2) is 0 Å². The number of esters is 1. The van der Waals surface area contributed by atoms with E-state index in [4.69, 9.17) is 4.74 Å². The molecule has 2 fully saturated rings. The van der Waals surface area contributed by atoms with Crippen molar-refractivity contribution in [1.29, 1.82) is 0 Å². The monoisotopic (exact) mass is 287 g/mol. The first-order valence-corrected chi connectivity index (χ1v) is 7.14. The fourth-order valence-corrected chi connectivity index (χ4v) is 2.68. The van der Waals surface area contributed by atoms with Crippen molar-refractivity contribution in [3.05, 3.63) is 23.8 Å². The molecular weight excluding hydrogens is 270 g/mol. The van der Waals surface area contributed by atoms with Crippen LogP contribution >= 0.6 is 0 Å². The predicted molar refractivity (Wildman–Crippen MR) is 76.1 cm³/mol. The molecule has 3 rings (SSSR count). The Balaban J connectivity index is 1.97. The summed E-state index contributed by atoms with van der Waals surface area (Å²) in [5.74, 6) is -0.201. The first-order chi connectivity index (χ1) is 9.98. The molecule has 1 aliphatic heterocycles. The highest BCUT2D eigenvalue weighted by Gasteiger charge is 2.62. The van der Waals surface area contributed by atoms with Crippen molar-refractivity contribution in [2.45, 2.75) is 33.1 Å². The Kier molecular flexibility index (Phi) is 3.08. The number of carbonyl (C=O) groups excluding carboxylic acids is 3. The van der Waals surface area contributed by atoms with Gasteiger partial charge in [-0.15, -0.1) is 0 Å². The van der Waals surface area contributed by atoms with Crippen LogP contribution in [0.2, 0.25) is 0 Å². The number of aryl methyl sites for hydroxylation is 1. The molecular formula is C16H17NO4. The summed E-state index contributed by atoms with van der Waals surface area (Å²) in [7, 11) is 0. The van der Waals surface area contributed by atoms with E-state index in [-0.39, 0.29) is 30.6 Å². The Bertz CT molecular complexity index is 646. The van der Waals surface area contributed by atoms with Crippen LogP contribution in [0.4, 0.5) is 5.69 Å². The summed E-state index contributed by atoms with van der Waals surface area (Å²) in [6.45, 7) is 3.66. The van der Waals surface area contributed by atoms with Gasteiger partial charge in [0.05, 0.1) is 12.2 Å². The number of amides is 1. The Hall–Kier alpha value is -2.17. The number of benzene rings is 1. The number of carbonyl (C=O) groups is 3. The summed E-state index contributed by atoms with van der Waals surface area (Å²) < 4.78 is 5.32. The van der Waals surface area contributed by atoms with Crippen molar-refractivity contribution in [3.8, 4) is 5.75 Å². The minimum Gasteiger partial charge on any atom is -0.424 e. The lowest BCUT2D eigenvalue weighted by Gasteiger charge is -2.19. The summed E-state index contributed by atoms with van der Waals surface area (Å²) in [6.07, 6.45) is 1.53. The zero-order valence-electron chi connectivity index (χ0n) is 12.1. The maximum absolute atomic E-state index is 12.5. The lowest BCUT2D eigenvalue weighted by atomic mass is 10.1. The molecule has 1 aromatic carbocycles. The fourth-order valence-electron chi connectivity index (χ4n) is 2.68. The van der Waals surface area contributed by atoms with Crippen LogP contribution in [-0.2, 0) is 14.4 Å². The molecule has 2 aliphatic rings. The summed E-state index contributed by atoms with van der Waals surface area (Å²) in [5.41, 5.74) is 0.651. The molecule has 1 aliphatic carbocycles. The molecule has 1 spiro atoms. The molecule has 5 nitrogen and oxygen atoms in total. The van der Waals surface area contributed by atoms with E-state index in [0.29, 0.717) is 24.3 Å². The average Bonchev–Trinajstić information content (AvgIpc) is 3.22. The van der Waals surface area contributed by atoms with Gasteiger partial charge in [-0.05, 0) is 37.5 Å². The van der Waals surface area contributed by atoms with Crippen LogP contribution < -0.4 is 9.64 Å². The van der Waals surface area contributed by atoms with Gasteiger partial charge in [-0.2, -0.15) is 0 Å². The van der Waals surface area contributed by atoms with Crippen LogP contribution in [0.25, 0.3) is 0 Å². The highest BCUT2D eigenvalue weighted by molar-refractivity contribution is 6.23. The molecule has 1 heterocycles. The molecule has 0 bridgehead atoms. The Labute approximate surface area is 122 Å². The van der Waals surface area contributed by atoms with E-state index in [1.54, 1.807) is 19.1 Å². The number of anilines is 1. The van der Waals surface area contributed by atoms with Crippen LogP contribution in [0, 0.1) is 12.3 Å². The molecule has 21 heavy (non-hydrogen) atoms. The van der Waals surface area contributed by atoms with Gasteiger partial charge >= 0.3 is 5.97 Å². The predicted octanol–water partition coefficient (Wildman–Crippen LogP) is 2.01. The molecule has 0 radical (unpaired) electrons. The molecule has 1 saturated carbocycles. The number of rotatable bonds is 3. The van der Waals surface area contributed by atoms with E-state index in [1.165, 1.54) is 4.90 Å². The highest BCUT2D eigenvalue weighted by atomic mass is 16.5. The van der Waals surface area contributed by atoms with E-state index in [9.17, 15) is 14.4 Å². The van der Waals surface area contributed by atoms with Crippen LogP contribution in [0.3, 0.4) is 0 Å². The zero-order valence-corrected chi connectivity index (χ0v) is 12.1. The van der Waals surface area contributed by atoms with Gasteiger partial charge in [0.2, 0.25) is 5.91 Å². The highest BCUT2D eigenvalue weighted by Crippen LogP contribution is 2.53. The van der Waals surface area contributed by atoms with E-state index in [1.807, 2.05) is 13.0 Å². The third-order valence-electron chi connectivity index (χ3n) is 4.16. The van der Waals surface area contributed by atoms with Gasteiger partial charge in [0, 0.05) is 6.42 Å². The number of ether oxygens (including phenoxy) is 1. The van der Waals surface area contributed by atoms with Crippen molar-refractivity contribution in [2.24, 2.45) is 5.41 Å². The van der Waals surface area contributed by atoms with Crippen LogP contribution in [0.5, 0.6) is 5.75 Å². The zero-order chi connectivity index (χ0) is 15.2. The number of hydrogen-bond acceptors (Lipinski definition) is 4. The van der Waals surface area contributed by atoms with Gasteiger partial charge in [-0.1, -0.05) is 13.0 Å². The smallest absolute Gasteiger partial charge is 0.310 e. The number of hydrogen-bond donors (Lipinski definition) is 0. The number of nitrogens with zero attached hydrogens (tertiary/aromatic N) is 1. The Morgan fingerprint density at radius 1 is 1.33 bits per heavy atom. The Morgan fingerprint density at radius 2 is 2.05 bits per heavy atom. The fraction of sp³-hybridized carbons (Fsp3) is 0.438. The van der Waals surface area contributed by atoms with Gasteiger partial charge in [0.25, 0.3) is 0 Å². The first-order valence-electron chi connectivity index (χ1n) is 7.14. The van der Waals surface area contributed by atoms with Gasteiger partial charge in [-0.3, -0.25) is 14.4 Å². The maximum atomic E-state index is 12.5. The van der Waals surface area contributed by atoms with Crippen LogP contribution in [0.15, 0.2) is 18.2 Å². The molecule has 1 aromatic rings. The second-order valence-electron chi connectivity index (χ2n) is 5.70. The normalized spacial score (nSPS) is 19.2. The van der Waals surface area contributed by atoms with Crippen molar-refractivity contribution in [2.75, 3.05) is 11.4 Å². The minimum absolute atomic E-state index is 0.0270. The van der Waals surface area contributed by atoms with Crippen LogP contribution in [-0.4, -0.2) is 24.2 Å². The number of ketones is 1. The molecule has 110 valence electrons. The summed E-state index contributed by atoms with van der Waals surface area (Å²) in [5, 5.41) is 0. The molecule has 0 aromatic heterocycles. The van der Waals surface area contributed by atoms with Crippen molar-refractivity contribution < 1.29 is 19.1 Å². The maximum Gasteiger partial charge on any atom is 0.310 e. The third-order valence-corrected chi connectivity index (χ3v) is 4.16. The second-order valence-corrected chi connectivity index (χ2v) is 5.70. The SMILES string of the molecule is CCC(=O)Oc1cc(C)ccc1N1CC(=O)C2(CC2)C1=O. The standard InChI is InChI=1S/C16H17NO4/c1-3-14(19)21-12-8-10(2)4-5-11(12)17-9-13(18)16(6-7-16)15(17)20/h4-5,8H,3,6-7,9H2,1-2H3. The first kappa shape index (κ1) is 13.8. The molecule has 0 unspecified atom stereocenters. The van der Waals surface area contributed by atoms with E-state index >= 15 is 0 Å². The van der Waals surface area contributed by atoms with Gasteiger partial charge in [0.15, 0.2) is 11.5 Å². The number of Topliss-reactive ketones (excluding diaryl/α,β-unsaturated/α-hetero) is 1. The quantitative estimate of drug-likeness (QED) is 0.484.